The topological polar surface area (TPSA) is 9.23 Å². The number of halogens is 2. The van der Waals surface area contributed by atoms with Crippen LogP contribution in [0.5, 0.6) is 5.75 Å². The highest BCUT2D eigenvalue weighted by molar-refractivity contribution is 5.38. The van der Waals surface area contributed by atoms with E-state index in [-0.39, 0.29) is 12.0 Å². The molecule has 0 aliphatic carbocycles. The molecule has 0 saturated carbocycles. The first kappa shape index (κ1) is 14.5. The van der Waals surface area contributed by atoms with Crippen LogP contribution in [0.25, 0.3) is 0 Å². The van der Waals surface area contributed by atoms with Crippen LogP contribution in [-0.2, 0) is 12.0 Å². The Morgan fingerprint density at radius 1 is 0.950 bits per heavy atom. The Labute approximate surface area is 118 Å². The predicted octanol–water partition coefficient (Wildman–Crippen LogP) is 4.84. The fourth-order valence-electron chi connectivity index (χ4n) is 2.07. The first-order chi connectivity index (χ1) is 9.36. The summed E-state index contributed by atoms with van der Waals surface area (Å²) in [5.74, 6) is -0.440. The largest absolute Gasteiger partial charge is 0.489 e. The lowest BCUT2D eigenvalue weighted by Gasteiger charge is -2.22. The number of benzene rings is 2. The summed E-state index contributed by atoms with van der Waals surface area (Å²) in [6.45, 7) is 6.42. The number of para-hydroxylation sites is 1. The van der Waals surface area contributed by atoms with E-state index in [2.05, 4.69) is 20.8 Å². The van der Waals surface area contributed by atoms with Gasteiger partial charge >= 0.3 is 0 Å². The van der Waals surface area contributed by atoms with Crippen LogP contribution in [0, 0.1) is 11.6 Å². The molecule has 0 bridgehead atoms. The van der Waals surface area contributed by atoms with Crippen molar-refractivity contribution in [1.82, 2.24) is 0 Å². The minimum absolute atomic E-state index is 0.0518. The fourth-order valence-corrected chi connectivity index (χ4v) is 2.07. The molecule has 0 aliphatic heterocycles. The molecule has 0 fully saturated rings. The SMILES string of the molecule is CC(C)(C)c1ccccc1OCc1cc(F)cc(F)c1. The van der Waals surface area contributed by atoms with E-state index in [1.807, 2.05) is 24.3 Å². The average molecular weight is 276 g/mol. The summed E-state index contributed by atoms with van der Waals surface area (Å²) in [6, 6.07) is 11.1. The Morgan fingerprint density at radius 3 is 2.15 bits per heavy atom. The molecule has 0 heterocycles. The van der Waals surface area contributed by atoms with E-state index in [1.54, 1.807) is 0 Å². The molecule has 0 N–H and O–H groups in total. The van der Waals surface area contributed by atoms with Crippen LogP contribution >= 0.6 is 0 Å². The van der Waals surface area contributed by atoms with Gasteiger partial charge in [0.2, 0.25) is 0 Å². The second-order valence-corrected chi connectivity index (χ2v) is 5.81. The second-order valence-electron chi connectivity index (χ2n) is 5.81. The molecule has 20 heavy (non-hydrogen) atoms. The maximum Gasteiger partial charge on any atom is 0.126 e. The van der Waals surface area contributed by atoms with Crippen molar-refractivity contribution in [2.24, 2.45) is 0 Å². The van der Waals surface area contributed by atoms with E-state index >= 15 is 0 Å². The molecule has 0 amide bonds. The molecule has 0 aliphatic rings. The van der Waals surface area contributed by atoms with Gasteiger partial charge in [0.25, 0.3) is 0 Å². The van der Waals surface area contributed by atoms with Gasteiger partial charge in [-0.2, -0.15) is 0 Å². The molecule has 0 saturated heterocycles. The maximum absolute atomic E-state index is 13.1. The van der Waals surface area contributed by atoms with Gasteiger partial charge in [-0.1, -0.05) is 39.0 Å². The van der Waals surface area contributed by atoms with Crippen molar-refractivity contribution in [3.8, 4) is 5.75 Å². The molecular formula is C17H18F2O. The van der Waals surface area contributed by atoms with Crippen LogP contribution in [0.2, 0.25) is 0 Å². The van der Waals surface area contributed by atoms with Crippen molar-refractivity contribution < 1.29 is 13.5 Å². The van der Waals surface area contributed by atoms with Crippen molar-refractivity contribution >= 4 is 0 Å². The maximum atomic E-state index is 13.1. The summed E-state index contributed by atoms with van der Waals surface area (Å²) in [4.78, 5) is 0. The van der Waals surface area contributed by atoms with Gasteiger partial charge in [0, 0.05) is 6.07 Å². The van der Waals surface area contributed by atoms with Crippen molar-refractivity contribution in [2.45, 2.75) is 32.8 Å². The van der Waals surface area contributed by atoms with Crippen molar-refractivity contribution in [1.29, 1.82) is 0 Å². The van der Waals surface area contributed by atoms with Crippen molar-refractivity contribution in [3.05, 3.63) is 65.2 Å². The molecule has 0 aromatic heterocycles. The van der Waals surface area contributed by atoms with Crippen molar-refractivity contribution in [2.75, 3.05) is 0 Å². The third kappa shape index (κ3) is 3.56. The molecule has 3 heteroatoms. The number of hydrogen-bond acceptors (Lipinski definition) is 1. The third-order valence-corrected chi connectivity index (χ3v) is 3.01. The van der Waals surface area contributed by atoms with E-state index in [1.165, 1.54) is 12.1 Å². The summed E-state index contributed by atoms with van der Waals surface area (Å²) in [5.41, 5.74) is 1.49. The lowest BCUT2D eigenvalue weighted by atomic mass is 9.86. The monoisotopic (exact) mass is 276 g/mol. The summed E-state index contributed by atoms with van der Waals surface area (Å²) >= 11 is 0. The summed E-state index contributed by atoms with van der Waals surface area (Å²) in [7, 11) is 0. The molecule has 2 rings (SSSR count). The van der Waals surface area contributed by atoms with E-state index in [0.717, 1.165) is 17.4 Å². The smallest absolute Gasteiger partial charge is 0.126 e. The fraction of sp³-hybridized carbons (Fsp3) is 0.294. The van der Waals surface area contributed by atoms with Crippen LogP contribution in [0.1, 0.15) is 31.9 Å². The second kappa shape index (κ2) is 5.61. The minimum Gasteiger partial charge on any atom is -0.489 e. The molecule has 0 unspecified atom stereocenters. The first-order valence-electron chi connectivity index (χ1n) is 6.53. The minimum atomic E-state index is -0.590. The molecule has 0 spiro atoms. The normalized spacial score (nSPS) is 11.4. The summed E-state index contributed by atoms with van der Waals surface area (Å²) in [6.07, 6.45) is 0. The van der Waals surface area contributed by atoms with E-state index in [0.29, 0.717) is 5.56 Å². The van der Waals surface area contributed by atoms with E-state index in [9.17, 15) is 8.78 Å². The Bertz CT molecular complexity index is 580. The van der Waals surface area contributed by atoms with Gasteiger partial charge in [0.05, 0.1) is 0 Å². The Balaban J connectivity index is 2.19. The van der Waals surface area contributed by atoms with Gasteiger partial charge in [-0.15, -0.1) is 0 Å². The highest BCUT2D eigenvalue weighted by atomic mass is 19.1. The number of hydrogen-bond donors (Lipinski definition) is 0. The lowest BCUT2D eigenvalue weighted by Crippen LogP contribution is -2.13. The Morgan fingerprint density at radius 2 is 1.55 bits per heavy atom. The van der Waals surface area contributed by atoms with E-state index < -0.39 is 11.6 Å². The van der Waals surface area contributed by atoms with Gasteiger partial charge in [-0.05, 0) is 34.7 Å². The zero-order valence-electron chi connectivity index (χ0n) is 11.9. The van der Waals surface area contributed by atoms with Gasteiger partial charge in [0.15, 0.2) is 0 Å². The highest BCUT2D eigenvalue weighted by Gasteiger charge is 2.18. The molecule has 2 aromatic carbocycles. The summed E-state index contributed by atoms with van der Waals surface area (Å²) < 4.78 is 32.0. The average Bonchev–Trinajstić information content (AvgIpc) is 2.34. The van der Waals surface area contributed by atoms with Gasteiger partial charge in [0.1, 0.15) is 24.0 Å². The van der Waals surface area contributed by atoms with Crippen LogP contribution in [0.3, 0.4) is 0 Å². The zero-order chi connectivity index (χ0) is 14.8. The Kier molecular flexibility index (Phi) is 4.07. The quantitative estimate of drug-likeness (QED) is 0.779. The lowest BCUT2D eigenvalue weighted by molar-refractivity contribution is 0.296. The van der Waals surface area contributed by atoms with E-state index in [4.69, 9.17) is 4.74 Å². The molecule has 1 nitrogen and oxygen atoms in total. The first-order valence-corrected chi connectivity index (χ1v) is 6.53. The Hall–Kier alpha value is -1.90. The van der Waals surface area contributed by atoms with Crippen molar-refractivity contribution in [3.63, 3.8) is 0 Å². The molecule has 0 radical (unpaired) electrons. The molecule has 2 aromatic rings. The number of rotatable bonds is 3. The zero-order valence-corrected chi connectivity index (χ0v) is 11.9. The molecule has 0 atom stereocenters. The number of ether oxygens (including phenoxy) is 1. The molecular weight excluding hydrogens is 258 g/mol. The third-order valence-electron chi connectivity index (χ3n) is 3.01. The summed E-state index contributed by atoms with van der Waals surface area (Å²) in [5, 5.41) is 0. The van der Waals surface area contributed by atoms with Gasteiger partial charge < -0.3 is 4.74 Å². The van der Waals surface area contributed by atoms with Crippen LogP contribution in [0.4, 0.5) is 8.78 Å². The standard InChI is InChI=1S/C17H18F2O/c1-17(2,3)15-6-4-5-7-16(15)20-11-12-8-13(18)10-14(19)9-12/h4-10H,11H2,1-3H3. The predicted molar refractivity (Wildman–Crippen MR) is 75.8 cm³/mol. The molecule has 106 valence electrons. The van der Waals surface area contributed by atoms with Gasteiger partial charge in [-0.3, -0.25) is 0 Å². The van der Waals surface area contributed by atoms with Crippen LogP contribution in [-0.4, -0.2) is 0 Å². The van der Waals surface area contributed by atoms with Crippen LogP contribution in [0.15, 0.2) is 42.5 Å². The van der Waals surface area contributed by atoms with Crippen LogP contribution < -0.4 is 4.74 Å². The highest BCUT2D eigenvalue weighted by Crippen LogP contribution is 2.31. The van der Waals surface area contributed by atoms with Gasteiger partial charge in [-0.25, -0.2) is 8.78 Å².